The van der Waals surface area contributed by atoms with Crippen molar-refractivity contribution in [3.63, 3.8) is 0 Å². The zero-order chi connectivity index (χ0) is 11.3. The Labute approximate surface area is 90.4 Å². The van der Waals surface area contributed by atoms with Crippen LogP contribution in [0.2, 0.25) is 0 Å². The molecule has 4 nitrogen and oxygen atoms in total. The number of hydrogen-bond donors (Lipinski definition) is 2. The van der Waals surface area contributed by atoms with Gasteiger partial charge in [-0.15, -0.1) is 0 Å². The second kappa shape index (κ2) is 3.19. The molecule has 0 aromatic rings. The zero-order valence-corrected chi connectivity index (χ0v) is 9.49. The van der Waals surface area contributed by atoms with Gasteiger partial charge in [-0.05, 0) is 39.0 Å². The Hall–Kier alpha value is -0.610. The van der Waals surface area contributed by atoms with E-state index in [1.165, 1.54) is 0 Å². The van der Waals surface area contributed by atoms with Gasteiger partial charge < -0.3 is 15.7 Å². The highest BCUT2D eigenvalue weighted by Gasteiger charge is 2.48. The Balaban J connectivity index is 2.02. The first kappa shape index (κ1) is 10.9. The quantitative estimate of drug-likeness (QED) is 0.682. The van der Waals surface area contributed by atoms with E-state index in [9.17, 15) is 9.90 Å². The van der Waals surface area contributed by atoms with E-state index in [1.807, 2.05) is 6.92 Å². The van der Waals surface area contributed by atoms with E-state index in [1.54, 1.807) is 11.8 Å². The van der Waals surface area contributed by atoms with Crippen LogP contribution in [0.15, 0.2) is 0 Å². The fourth-order valence-corrected chi connectivity index (χ4v) is 2.32. The highest BCUT2D eigenvalue weighted by molar-refractivity contribution is 5.86. The van der Waals surface area contributed by atoms with Crippen molar-refractivity contribution < 1.29 is 9.90 Å². The number of carbonyl (C=O) groups is 1. The third-order valence-electron chi connectivity index (χ3n) is 3.63. The summed E-state index contributed by atoms with van der Waals surface area (Å²) in [6, 6.07) is 0. The second-order valence-electron chi connectivity index (χ2n) is 5.53. The molecule has 1 aliphatic heterocycles. The summed E-state index contributed by atoms with van der Waals surface area (Å²) in [4.78, 5) is 13.8. The van der Waals surface area contributed by atoms with E-state index in [0.29, 0.717) is 25.4 Å². The van der Waals surface area contributed by atoms with Gasteiger partial charge in [0.05, 0.1) is 11.1 Å². The average molecular weight is 212 g/mol. The molecule has 86 valence electrons. The molecule has 1 saturated heterocycles. The molecule has 1 aliphatic carbocycles. The second-order valence-corrected chi connectivity index (χ2v) is 5.53. The molecule has 0 radical (unpaired) electrons. The zero-order valence-electron chi connectivity index (χ0n) is 9.49. The monoisotopic (exact) mass is 212 g/mol. The first-order valence-corrected chi connectivity index (χ1v) is 5.63. The lowest BCUT2D eigenvalue weighted by Gasteiger charge is -2.29. The molecule has 0 aromatic heterocycles. The Kier molecular flexibility index (Phi) is 2.32. The first-order valence-electron chi connectivity index (χ1n) is 5.63. The maximum absolute atomic E-state index is 12.1. The van der Waals surface area contributed by atoms with Crippen LogP contribution in [-0.2, 0) is 4.79 Å². The molecule has 2 rings (SSSR count). The number of amides is 1. The third-order valence-corrected chi connectivity index (χ3v) is 3.63. The Morgan fingerprint density at radius 3 is 2.60 bits per heavy atom. The van der Waals surface area contributed by atoms with Crippen molar-refractivity contribution in [2.45, 2.75) is 44.2 Å². The van der Waals surface area contributed by atoms with Crippen molar-refractivity contribution in [3.05, 3.63) is 0 Å². The van der Waals surface area contributed by atoms with Crippen LogP contribution in [0.5, 0.6) is 0 Å². The van der Waals surface area contributed by atoms with Crippen LogP contribution in [0.4, 0.5) is 0 Å². The smallest absolute Gasteiger partial charge is 0.242 e. The molecule has 1 heterocycles. The van der Waals surface area contributed by atoms with Crippen molar-refractivity contribution in [1.82, 2.24) is 4.90 Å². The predicted molar refractivity (Wildman–Crippen MR) is 57.1 cm³/mol. The van der Waals surface area contributed by atoms with Gasteiger partial charge in [0.25, 0.3) is 0 Å². The van der Waals surface area contributed by atoms with Gasteiger partial charge in [0.15, 0.2) is 0 Å². The molecule has 4 heteroatoms. The standard InChI is InChI=1S/C11H20N2O2/c1-10(15)5-6-13(7-10)9(14)11(2,12)8-3-4-8/h8,15H,3-7,12H2,1-2H3. The molecular weight excluding hydrogens is 192 g/mol. The highest BCUT2D eigenvalue weighted by Crippen LogP contribution is 2.39. The number of carbonyl (C=O) groups excluding carboxylic acids is 1. The Bertz CT molecular complexity index is 282. The largest absolute Gasteiger partial charge is 0.388 e. The van der Waals surface area contributed by atoms with Gasteiger partial charge in [-0.1, -0.05) is 0 Å². The summed E-state index contributed by atoms with van der Waals surface area (Å²) in [6.45, 7) is 4.64. The summed E-state index contributed by atoms with van der Waals surface area (Å²) in [5.41, 5.74) is 4.61. The number of hydrogen-bond acceptors (Lipinski definition) is 3. The van der Waals surface area contributed by atoms with Gasteiger partial charge in [-0.2, -0.15) is 0 Å². The van der Waals surface area contributed by atoms with Gasteiger partial charge in [0, 0.05) is 13.1 Å². The summed E-state index contributed by atoms with van der Waals surface area (Å²) in [5.74, 6) is 0.346. The van der Waals surface area contributed by atoms with Crippen LogP contribution in [0, 0.1) is 5.92 Å². The lowest BCUT2D eigenvalue weighted by Crippen LogP contribution is -2.54. The highest BCUT2D eigenvalue weighted by atomic mass is 16.3. The number of aliphatic hydroxyl groups is 1. The van der Waals surface area contributed by atoms with Crippen LogP contribution in [0.3, 0.4) is 0 Å². The molecule has 15 heavy (non-hydrogen) atoms. The van der Waals surface area contributed by atoms with Crippen LogP contribution in [0.25, 0.3) is 0 Å². The van der Waals surface area contributed by atoms with E-state index in [2.05, 4.69) is 0 Å². The van der Waals surface area contributed by atoms with E-state index in [4.69, 9.17) is 5.73 Å². The fraction of sp³-hybridized carbons (Fsp3) is 0.909. The molecular formula is C11H20N2O2. The van der Waals surface area contributed by atoms with E-state index >= 15 is 0 Å². The van der Waals surface area contributed by atoms with Crippen molar-refractivity contribution in [2.24, 2.45) is 11.7 Å². The van der Waals surface area contributed by atoms with E-state index < -0.39 is 11.1 Å². The van der Waals surface area contributed by atoms with E-state index in [-0.39, 0.29) is 5.91 Å². The molecule has 0 spiro atoms. The number of likely N-dealkylation sites (tertiary alicyclic amines) is 1. The van der Waals surface area contributed by atoms with Gasteiger partial charge in [0.2, 0.25) is 5.91 Å². The SMILES string of the molecule is CC1(O)CCN(C(=O)C(C)(N)C2CC2)C1. The normalized spacial score (nSPS) is 35.3. The van der Waals surface area contributed by atoms with Crippen LogP contribution >= 0.6 is 0 Å². The molecule has 0 bridgehead atoms. The number of rotatable bonds is 2. The van der Waals surface area contributed by atoms with Crippen LogP contribution in [-0.4, -0.2) is 40.1 Å². The summed E-state index contributed by atoms with van der Waals surface area (Å²) >= 11 is 0. The minimum Gasteiger partial charge on any atom is -0.388 e. The third kappa shape index (κ3) is 2.01. The topological polar surface area (TPSA) is 66.6 Å². The molecule has 2 unspecified atom stereocenters. The van der Waals surface area contributed by atoms with Crippen molar-refractivity contribution in [2.75, 3.05) is 13.1 Å². The summed E-state index contributed by atoms with van der Waals surface area (Å²) in [6.07, 6.45) is 2.77. The number of β-amino-alcohol motifs (C(OH)–C–C–N with tert-alkyl or cyclic N) is 1. The lowest BCUT2D eigenvalue weighted by atomic mass is 9.95. The number of nitrogens with two attached hydrogens (primary N) is 1. The molecule has 2 aliphatic rings. The van der Waals surface area contributed by atoms with Gasteiger partial charge in [-0.25, -0.2) is 0 Å². The fourth-order valence-electron chi connectivity index (χ4n) is 2.32. The first-order chi connectivity index (χ1) is 6.83. The predicted octanol–water partition coefficient (Wildman–Crippen LogP) is 0.0971. The maximum Gasteiger partial charge on any atom is 0.242 e. The van der Waals surface area contributed by atoms with Crippen LogP contribution < -0.4 is 5.73 Å². The molecule has 0 aromatic carbocycles. The van der Waals surface area contributed by atoms with Crippen molar-refractivity contribution >= 4 is 5.91 Å². The Morgan fingerprint density at radius 2 is 2.20 bits per heavy atom. The van der Waals surface area contributed by atoms with E-state index in [0.717, 1.165) is 12.8 Å². The molecule has 1 amide bonds. The lowest BCUT2D eigenvalue weighted by molar-refractivity contribution is -0.137. The van der Waals surface area contributed by atoms with Gasteiger partial charge >= 0.3 is 0 Å². The van der Waals surface area contributed by atoms with Crippen LogP contribution in [0.1, 0.15) is 33.1 Å². The minimum atomic E-state index is -0.727. The molecule has 3 N–H and O–H groups in total. The average Bonchev–Trinajstić information content (AvgIpc) is 2.90. The summed E-state index contributed by atoms with van der Waals surface area (Å²) in [7, 11) is 0. The van der Waals surface area contributed by atoms with Gasteiger partial charge in [-0.3, -0.25) is 4.79 Å². The minimum absolute atomic E-state index is 0.00257. The van der Waals surface area contributed by atoms with Crippen molar-refractivity contribution in [3.8, 4) is 0 Å². The number of nitrogens with zero attached hydrogens (tertiary/aromatic N) is 1. The summed E-state index contributed by atoms with van der Waals surface area (Å²) < 4.78 is 0. The summed E-state index contributed by atoms with van der Waals surface area (Å²) in [5, 5.41) is 9.80. The Morgan fingerprint density at radius 1 is 1.60 bits per heavy atom. The van der Waals surface area contributed by atoms with Crippen molar-refractivity contribution in [1.29, 1.82) is 0 Å². The molecule has 2 fully saturated rings. The maximum atomic E-state index is 12.1. The molecule has 1 saturated carbocycles. The van der Waals surface area contributed by atoms with Gasteiger partial charge in [0.1, 0.15) is 0 Å². The molecule has 2 atom stereocenters.